The summed E-state index contributed by atoms with van der Waals surface area (Å²) in [5.74, 6) is -1.09. The Kier molecular flexibility index (Phi) is 7.32. The molecule has 0 radical (unpaired) electrons. The molecule has 6 heteroatoms. The van der Waals surface area contributed by atoms with Gasteiger partial charge in [-0.15, -0.1) is 0 Å². The molecule has 5 nitrogen and oxygen atoms in total. The van der Waals surface area contributed by atoms with Gasteiger partial charge in [0.05, 0.1) is 0 Å². The molecule has 0 unspecified atom stereocenters. The van der Waals surface area contributed by atoms with Crippen LogP contribution < -0.4 is 21.2 Å². The fraction of sp³-hybridized carbons (Fsp3) is 0.231. The van der Waals surface area contributed by atoms with E-state index in [1.54, 1.807) is 20.8 Å². The molecule has 0 aliphatic rings. The molecule has 166 valence electrons. The second-order valence-electron chi connectivity index (χ2n) is 8.54. The Bertz CT molecular complexity index is 937. The van der Waals surface area contributed by atoms with E-state index in [4.69, 9.17) is 4.74 Å². The normalized spacial score (nSPS) is 12.6. The first-order chi connectivity index (χ1) is 15.2. The highest BCUT2D eigenvalue weighted by Gasteiger charge is 2.49. The Balaban J connectivity index is 2.15. The van der Waals surface area contributed by atoms with Gasteiger partial charge < -0.3 is 15.2 Å². The molecule has 0 spiro atoms. The molecule has 0 heterocycles. The molecule has 0 fully saturated rings. The second kappa shape index (κ2) is 9.97. The number of aliphatic carboxylic acids is 1. The smallest absolute Gasteiger partial charge is 0.408 e. The van der Waals surface area contributed by atoms with E-state index in [1.165, 1.54) is 0 Å². The van der Waals surface area contributed by atoms with Gasteiger partial charge >= 0.3 is 12.1 Å². The van der Waals surface area contributed by atoms with Crippen molar-refractivity contribution in [3.05, 3.63) is 91.0 Å². The van der Waals surface area contributed by atoms with Crippen molar-refractivity contribution in [2.45, 2.75) is 32.4 Å². The number of carboxylic acids is 1. The van der Waals surface area contributed by atoms with Crippen molar-refractivity contribution in [2.75, 3.05) is 6.16 Å². The van der Waals surface area contributed by atoms with Crippen molar-refractivity contribution < 1.29 is 19.4 Å². The van der Waals surface area contributed by atoms with Crippen molar-refractivity contribution >= 4 is 35.2 Å². The molecule has 0 saturated carbocycles. The first-order valence-corrected chi connectivity index (χ1v) is 12.5. The van der Waals surface area contributed by atoms with Gasteiger partial charge in [-0.25, -0.2) is 9.59 Å². The van der Waals surface area contributed by atoms with Crippen LogP contribution in [0, 0.1) is 0 Å². The Morgan fingerprint density at radius 2 is 1.19 bits per heavy atom. The van der Waals surface area contributed by atoms with Crippen molar-refractivity contribution in [3.8, 4) is 0 Å². The summed E-state index contributed by atoms with van der Waals surface area (Å²) in [5, 5.41) is 15.8. The molecule has 1 atom stereocenters. The molecule has 0 aliphatic heterocycles. The number of carbonyl (C=O) groups is 2. The third-order valence-electron chi connectivity index (χ3n) is 5.04. The lowest BCUT2D eigenvalue weighted by atomic mass is 10.2. The van der Waals surface area contributed by atoms with Gasteiger partial charge in [-0.1, -0.05) is 54.6 Å². The average molecular weight is 450 g/mol. The van der Waals surface area contributed by atoms with E-state index in [1.807, 2.05) is 91.0 Å². The number of nitrogens with one attached hydrogen (secondary N) is 1. The van der Waals surface area contributed by atoms with Crippen molar-refractivity contribution in [1.29, 1.82) is 0 Å². The number of ether oxygens (including phenoxy) is 1. The minimum atomic E-state index is -2.42. The van der Waals surface area contributed by atoms with Crippen LogP contribution in [0.25, 0.3) is 0 Å². The number of benzene rings is 3. The minimum absolute atomic E-state index is 0.222. The summed E-state index contributed by atoms with van der Waals surface area (Å²) < 4.78 is 5.35. The zero-order valence-electron chi connectivity index (χ0n) is 18.6. The second-order valence-corrected chi connectivity index (χ2v) is 12.1. The fourth-order valence-electron chi connectivity index (χ4n) is 3.72. The van der Waals surface area contributed by atoms with Gasteiger partial charge in [0.2, 0.25) is 0 Å². The van der Waals surface area contributed by atoms with Gasteiger partial charge in [0.15, 0.2) is 6.04 Å². The number of alkyl carbamates (subject to hydrolysis) is 1. The highest BCUT2D eigenvalue weighted by molar-refractivity contribution is 7.95. The summed E-state index contributed by atoms with van der Waals surface area (Å²) in [7, 11) is -2.42. The number of carbonyl (C=O) groups excluding carboxylic acids is 1. The maximum atomic E-state index is 12.5. The van der Waals surface area contributed by atoms with E-state index in [0.717, 1.165) is 15.9 Å². The summed E-state index contributed by atoms with van der Waals surface area (Å²) in [6, 6.07) is 28.8. The molecule has 1 amide bonds. The number of amides is 1. The van der Waals surface area contributed by atoms with Crippen molar-refractivity contribution in [1.82, 2.24) is 5.32 Å². The summed E-state index contributed by atoms with van der Waals surface area (Å²) >= 11 is 0. The van der Waals surface area contributed by atoms with Crippen LogP contribution in [-0.4, -0.2) is 35.0 Å². The predicted octanol–water partition coefficient (Wildman–Crippen LogP) is 3.96. The van der Waals surface area contributed by atoms with E-state index in [2.05, 4.69) is 5.32 Å². The Morgan fingerprint density at radius 3 is 1.50 bits per heavy atom. The molecule has 3 aromatic rings. The van der Waals surface area contributed by atoms with Crippen LogP contribution in [-0.2, 0) is 9.53 Å². The highest BCUT2D eigenvalue weighted by atomic mass is 31.2. The lowest BCUT2D eigenvalue weighted by Crippen LogP contribution is -2.49. The van der Waals surface area contributed by atoms with Gasteiger partial charge in [0.1, 0.15) is 34.9 Å². The van der Waals surface area contributed by atoms with Gasteiger partial charge in [-0.05, 0) is 57.2 Å². The van der Waals surface area contributed by atoms with E-state index < -0.39 is 31.0 Å². The van der Waals surface area contributed by atoms with Gasteiger partial charge in [-0.2, -0.15) is 0 Å². The predicted molar refractivity (Wildman–Crippen MR) is 131 cm³/mol. The number of rotatable bonds is 7. The van der Waals surface area contributed by atoms with Gasteiger partial charge in [-0.3, -0.25) is 0 Å². The fourth-order valence-corrected chi connectivity index (χ4v) is 8.09. The van der Waals surface area contributed by atoms with Crippen LogP contribution in [0.5, 0.6) is 0 Å². The first kappa shape index (κ1) is 23.5. The summed E-state index contributed by atoms with van der Waals surface area (Å²) in [5.41, 5.74) is -0.725. The lowest BCUT2D eigenvalue weighted by molar-refractivity contribution is -0.138. The first-order valence-electron chi connectivity index (χ1n) is 10.5. The molecular formula is C26H29NO4P+. The third-order valence-corrected chi connectivity index (χ3v) is 9.49. The topological polar surface area (TPSA) is 75.6 Å². The van der Waals surface area contributed by atoms with E-state index >= 15 is 0 Å². The minimum Gasteiger partial charge on any atom is -0.480 e. The summed E-state index contributed by atoms with van der Waals surface area (Å²) in [6.45, 7) is 5.24. The zero-order valence-corrected chi connectivity index (χ0v) is 19.5. The molecular weight excluding hydrogens is 421 g/mol. The standard InChI is InChI=1S/C26H28NO4P/c1-26(2,3)31-25(30)27-23(24(28)29)19-32(20-13-7-4-8-14-20,21-15-9-5-10-16-21)22-17-11-6-12-18-22/h4-18,23H,19H2,1-3H3,(H-,27,28,29,30)/p+1/t23-/m0/s1. The SMILES string of the molecule is CC(C)(C)OC(=O)N[C@@H](C[P+](c1ccccc1)(c1ccccc1)c1ccccc1)C(=O)O. The van der Waals surface area contributed by atoms with E-state index in [-0.39, 0.29) is 6.16 Å². The lowest BCUT2D eigenvalue weighted by Gasteiger charge is -2.30. The molecule has 0 bridgehead atoms. The molecule has 3 rings (SSSR count). The largest absolute Gasteiger partial charge is 0.480 e. The quantitative estimate of drug-likeness (QED) is 0.535. The van der Waals surface area contributed by atoms with Crippen LogP contribution in [0.1, 0.15) is 20.8 Å². The van der Waals surface area contributed by atoms with Crippen LogP contribution in [0.4, 0.5) is 4.79 Å². The summed E-state index contributed by atoms with van der Waals surface area (Å²) in [4.78, 5) is 24.8. The Hall–Kier alpha value is -3.17. The number of hydrogen-bond acceptors (Lipinski definition) is 3. The highest BCUT2D eigenvalue weighted by Crippen LogP contribution is 2.55. The molecule has 0 aromatic heterocycles. The van der Waals surface area contributed by atoms with Crippen molar-refractivity contribution in [2.24, 2.45) is 0 Å². The number of hydrogen-bond donors (Lipinski definition) is 2. The Morgan fingerprint density at radius 1 is 0.812 bits per heavy atom. The van der Waals surface area contributed by atoms with E-state index in [0.29, 0.717) is 0 Å². The molecule has 0 aliphatic carbocycles. The number of carboxylic acid groups (broad SMARTS) is 1. The van der Waals surface area contributed by atoms with Crippen molar-refractivity contribution in [3.63, 3.8) is 0 Å². The summed E-state index contributed by atoms with van der Waals surface area (Å²) in [6.07, 6.45) is -0.517. The Labute approximate surface area is 189 Å². The van der Waals surface area contributed by atoms with Crippen LogP contribution >= 0.6 is 7.26 Å². The van der Waals surface area contributed by atoms with E-state index in [9.17, 15) is 14.7 Å². The molecule has 32 heavy (non-hydrogen) atoms. The van der Waals surface area contributed by atoms with Crippen LogP contribution in [0.3, 0.4) is 0 Å². The maximum absolute atomic E-state index is 12.5. The molecule has 2 N–H and O–H groups in total. The molecule has 0 saturated heterocycles. The van der Waals surface area contributed by atoms with Gasteiger partial charge in [0.25, 0.3) is 0 Å². The van der Waals surface area contributed by atoms with Crippen LogP contribution in [0.2, 0.25) is 0 Å². The van der Waals surface area contributed by atoms with Crippen LogP contribution in [0.15, 0.2) is 91.0 Å². The van der Waals surface area contributed by atoms with Gasteiger partial charge in [0, 0.05) is 0 Å². The third kappa shape index (κ3) is 5.54. The average Bonchev–Trinajstić information content (AvgIpc) is 2.77. The zero-order chi connectivity index (χ0) is 23.2. The monoisotopic (exact) mass is 450 g/mol. The molecule has 3 aromatic carbocycles. The maximum Gasteiger partial charge on any atom is 0.408 e.